The molecule has 2 unspecified atom stereocenters. The van der Waals surface area contributed by atoms with Crippen molar-refractivity contribution in [1.29, 1.82) is 10.5 Å². The molecule has 0 aliphatic rings. The summed E-state index contributed by atoms with van der Waals surface area (Å²) < 4.78 is 15.3. The van der Waals surface area contributed by atoms with E-state index < -0.39 is 24.1 Å². The molecule has 0 bridgehead atoms. The Morgan fingerprint density at radius 3 is 1.61 bits per heavy atom. The smallest absolute Gasteiger partial charge is 0.308 e. The topological polar surface area (TPSA) is 116 Å². The molecule has 0 amide bonds. The van der Waals surface area contributed by atoms with E-state index in [1.165, 1.54) is 0 Å². The highest BCUT2D eigenvalue weighted by Crippen LogP contribution is 2.02. The van der Waals surface area contributed by atoms with Gasteiger partial charge in [-0.15, -0.1) is 25.7 Å². The van der Waals surface area contributed by atoms with Crippen LogP contribution in [-0.4, -0.2) is 86.4 Å². The van der Waals surface area contributed by atoms with Crippen molar-refractivity contribution in [2.75, 3.05) is 52.5 Å². The van der Waals surface area contributed by atoms with Gasteiger partial charge in [0, 0.05) is 13.1 Å². The van der Waals surface area contributed by atoms with Gasteiger partial charge in [0.2, 0.25) is 6.10 Å². The standard InChI is InChI=1S/C24H26N4O5/c1-5-11-27(12-6-2)15-9-23(29)32-19-21(17-25)31-20-22(18-26)33-24(30)10-16-28(13-7-3)14-8-4/h1-4,21-22H,9-16,19-20H2. The number of esters is 2. The lowest BCUT2D eigenvalue weighted by molar-refractivity contribution is -0.151. The van der Waals surface area contributed by atoms with Gasteiger partial charge in [-0.3, -0.25) is 19.4 Å². The Morgan fingerprint density at radius 1 is 0.727 bits per heavy atom. The lowest BCUT2D eigenvalue weighted by Gasteiger charge is -2.18. The van der Waals surface area contributed by atoms with Crippen LogP contribution in [0.5, 0.6) is 0 Å². The van der Waals surface area contributed by atoms with E-state index in [2.05, 4.69) is 23.7 Å². The summed E-state index contributed by atoms with van der Waals surface area (Å²) in [6.07, 6.45) is 18.6. The van der Waals surface area contributed by atoms with Gasteiger partial charge in [-0.05, 0) is 0 Å². The Hall–Kier alpha value is -3.96. The molecule has 0 fully saturated rings. The van der Waals surface area contributed by atoms with Gasteiger partial charge >= 0.3 is 11.9 Å². The molecule has 0 spiro atoms. The molecule has 0 radical (unpaired) electrons. The van der Waals surface area contributed by atoms with Crippen molar-refractivity contribution >= 4 is 11.9 Å². The highest BCUT2D eigenvalue weighted by Gasteiger charge is 2.19. The quantitative estimate of drug-likeness (QED) is 0.233. The summed E-state index contributed by atoms with van der Waals surface area (Å²) >= 11 is 0. The SMILES string of the molecule is C#CCN(CC#C)CCC(=O)OCC(C#N)OCC(C#N)OC(=O)CCN(CC#C)CC#C. The van der Waals surface area contributed by atoms with E-state index in [4.69, 9.17) is 50.4 Å². The summed E-state index contributed by atoms with van der Waals surface area (Å²) in [7, 11) is 0. The number of rotatable bonds is 16. The maximum absolute atomic E-state index is 12.0. The van der Waals surface area contributed by atoms with Crippen LogP contribution in [0.1, 0.15) is 12.8 Å². The minimum absolute atomic E-state index is 0.0241. The van der Waals surface area contributed by atoms with Crippen molar-refractivity contribution in [3.05, 3.63) is 0 Å². The third-order valence-electron chi connectivity index (χ3n) is 3.93. The number of hydrogen-bond donors (Lipinski definition) is 0. The first-order valence-electron chi connectivity index (χ1n) is 9.88. The summed E-state index contributed by atoms with van der Waals surface area (Å²) in [6, 6.07) is 3.58. The van der Waals surface area contributed by atoms with Crippen molar-refractivity contribution in [1.82, 2.24) is 9.80 Å². The van der Waals surface area contributed by atoms with Crippen LogP contribution in [0.25, 0.3) is 0 Å². The van der Waals surface area contributed by atoms with E-state index in [9.17, 15) is 9.59 Å². The molecule has 0 aliphatic heterocycles. The van der Waals surface area contributed by atoms with Gasteiger partial charge in [-0.2, -0.15) is 10.5 Å². The van der Waals surface area contributed by atoms with Crippen LogP contribution in [-0.2, 0) is 23.8 Å². The van der Waals surface area contributed by atoms with Crippen molar-refractivity contribution < 1.29 is 23.8 Å². The zero-order valence-corrected chi connectivity index (χ0v) is 18.4. The zero-order valence-electron chi connectivity index (χ0n) is 18.4. The molecule has 9 heteroatoms. The largest absolute Gasteiger partial charge is 0.462 e. The second-order valence-electron chi connectivity index (χ2n) is 6.48. The van der Waals surface area contributed by atoms with Crippen molar-refractivity contribution in [3.8, 4) is 61.5 Å². The number of carbonyl (C=O) groups is 2. The summed E-state index contributed by atoms with van der Waals surface area (Å²) in [5.41, 5.74) is 0. The second kappa shape index (κ2) is 18.8. The Kier molecular flexibility index (Phi) is 16.5. The monoisotopic (exact) mass is 450 g/mol. The summed E-state index contributed by atoms with van der Waals surface area (Å²) in [4.78, 5) is 27.2. The molecule has 2 atom stereocenters. The first kappa shape index (κ1) is 29.0. The molecule has 0 saturated heterocycles. The van der Waals surface area contributed by atoms with Gasteiger partial charge in [0.25, 0.3) is 0 Å². The van der Waals surface area contributed by atoms with Crippen molar-refractivity contribution in [2.24, 2.45) is 0 Å². The van der Waals surface area contributed by atoms with Crippen LogP contribution in [0, 0.1) is 72.0 Å². The molecule has 0 N–H and O–H groups in total. The van der Waals surface area contributed by atoms with E-state index in [-0.39, 0.29) is 45.7 Å². The van der Waals surface area contributed by atoms with E-state index in [0.29, 0.717) is 19.6 Å². The number of hydrogen-bond acceptors (Lipinski definition) is 9. The lowest BCUT2D eigenvalue weighted by Crippen LogP contribution is -2.31. The average Bonchev–Trinajstić information content (AvgIpc) is 2.80. The van der Waals surface area contributed by atoms with Crippen LogP contribution in [0.4, 0.5) is 0 Å². The zero-order chi connectivity index (χ0) is 24.9. The maximum Gasteiger partial charge on any atom is 0.308 e. The molecule has 0 aromatic heterocycles. The molecule has 33 heavy (non-hydrogen) atoms. The molecule has 0 aliphatic carbocycles. The molecular formula is C24H26N4O5. The molecule has 0 aromatic carbocycles. The fourth-order valence-corrected chi connectivity index (χ4v) is 2.33. The first-order chi connectivity index (χ1) is 15.9. The third kappa shape index (κ3) is 14.6. The highest BCUT2D eigenvalue weighted by molar-refractivity contribution is 5.70. The molecule has 0 rings (SSSR count). The van der Waals surface area contributed by atoms with Crippen molar-refractivity contribution in [3.63, 3.8) is 0 Å². The second-order valence-corrected chi connectivity index (χ2v) is 6.48. The van der Waals surface area contributed by atoms with E-state index in [1.807, 2.05) is 0 Å². The van der Waals surface area contributed by atoms with Gasteiger partial charge in [0.1, 0.15) is 12.7 Å². The van der Waals surface area contributed by atoms with E-state index in [0.717, 1.165) is 0 Å². The number of nitrogens with zero attached hydrogens (tertiary/aromatic N) is 4. The van der Waals surface area contributed by atoms with Gasteiger partial charge in [0.05, 0.1) is 51.7 Å². The number of carbonyl (C=O) groups excluding carboxylic acids is 2. The van der Waals surface area contributed by atoms with Crippen LogP contribution in [0.2, 0.25) is 0 Å². The molecule has 9 nitrogen and oxygen atoms in total. The van der Waals surface area contributed by atoms with Gasteiger partial charge in [-0.1, -0.05) is 23.7 Å². The van der Waals surface area contributed by atoms with E-state index in [1.54, 1.807) is 21.9 Å². The first-order valence-corrected chi connectivity index (χ1v) is 9.88. The molecular weight excluding hydrogens is 424 g/mol. The van der Waals surface area contributed by atoms with Gasteiger partial charge in [0.15, 0.2) is 6.10 Å². The van der Waals surface area contributed by atoms with Crippen LogP contribution in [0.15, 0.2) is 0 Å². The minimum atomic E-state index is -1.24. The summed E-state index contributed by atoms with van der Waals surface area (Å²) in [5, 5.41) is 18.3. The lowest BCUT2D eigenvalue weighted by atomic mass is 10.3. The fourth-order valence-electron chi connectivity index (χ4n) is 2.33. The molecule has 0 aromatic rings. The Balaban J connectivity index is 4.40. The third-order valence-corrected chi connectivity index (χ3v) is 3.93. The number of nitriles is 2. The van der Waals surface area contributed by atoms with Crippen LogP contribution >= 0.6 is 0 Å². The van der Waals surface area contributed by atoms with Crippen LogP contribution in [0.3, 0.4) is 0 Å². The summed E-state index contributed by atoms with van der Waals surface area (Å²) in [5.74, 6) is 8.54. The molecule has 0 saturated carbocycles. The summed E-state index contributed by atoms with van der Waals surface area (Å²) in [6.45, 7) is 0.991. The highest BCUT2D eigenvalue weighted by atomic mass is 16.6. The van der Waals surface area contributed by atoms with Crippen molar-refractivity contribution in [2.45, 2.75) is 25.0 Å². The normalized spacial score (nSPS) is 11.5. The van der Waals surface area contributed by atoms with Gasteiger partial charge < -0.3 is 14.2 Å². The fraction of sp³-hybridized carbons (Fsp3) is 0.500. The number of terminal acetylenes is 4. The predicted molar refractivity (Wildman–Crippen MR) is 119 cm³/mol. The van der Waals surface area contributed by atoms with Crippen LogP contribution < -0.4 is 0 Å². The molecule has 172 valence electrons. The molecule has 0 heterocycles. The maximum atomic E-state index is 12.0. The minimum Gasteiger partial charge on any atom is -0.462 e. The average molecular weight is 450 g/mol. The van der Waals surface area contributed by atoms with E-state index >= 15 is 0 Å². The Morgan fingerprint density at radius 2 is 1.18 bits per heavy atom. The Labute approximate surface area is 195 Å². The predicted octanol–water partition coefficient (Wildman–Crippen LogP) is -0.209. The Bertz CT molecular complexity index is 843. The van der Waals surface area contributed by atoms with Gasteiger partial charge in [-0.25, -0.2) is 0 Å². The number of ether oxygens (including phenoxy) is 3.